The van der Waals surface area contributed by atoms with Crippen LogP contribution in [0, 0.1) is 12.3 Å². The molecular weight excluding hydrogens is 301 g/mol. The Balaban J connectivity index is 2.74. The number of aryl methyl sites for hydroxylation is 1. The maximum absolute atomic E-state index is 12.0. The fourth-order valence-electron chi connectivity index (χ4n) is 1.25. The molecule has 1 aromatic carbocycles. The second-order valence-corrected chi connectivity index (χ2v) is 7.79. The van der Waals surface area contributed by atoms with E-state index < -0.39 is 10.3 Å². The molecule has 1 amide bonds. The lowest BCUT2D eigenvalue weighted by molar-refractivity contribution is -0.128. The Morgan fingerprint density at radius 3 is 2.16 bits per heavy atom. The highest BCUT2D eigenvalue weighted by atomic mass is 35.5. The minimum atomic E-state index is -0.669. The Kier molecular flexibility index (Phi) is 6.03. The highest BCUT2D eigenvalue weighted by molar-refractivity contribution is 8.00. The van der Waals surface area contributed by atoms with E-state index in [-0.39, 0.29) is 11.3 Å². The molecule has 0 aliphatic rings. The van der Waals surface area contributed by atoms with Crippen LogP contribution in [0.1, 0.15) is 26.3 Å². The zero-order valence-electron chi connectivity index (χ0n) is 11.5. The molecule has 0 bridgehead atoms. The second-order valence-electron chi connectivity index (χ2n) is 5.41. The SMILES string of the molecule is Cc1ccc(S[C@H](NC(=O)C(C)(C)C)C(Cl)Cl)cc1. The van der Waals surface area contributed by atoms with Crippen LogP contribution in [0.5, 0.6) is 0 Å². The van der Waals surface area contributed by atoms with Crippen LogP contribution in [-0.4, -0.2) is 16.1 Å². The number of carbonyl (C=O) groups is 1. The lowest BCUT2D eigenvalue weighted by Gasteiger charge is -2.24. The number of hydrogen-bond donors (Lipinski definition) is 1. The van der Waals surface area contributed by atoms with Crippen molar-refractivity contribution in [3.63, 3.8) is 0 Å². The molecule has 106 valence electrons. The molecule has 1 N–H and O–H groups in total. The van der Waals surface area contributed by atoms with Crippen molar-refractivity contribution in [1.29, 1.82) is 0 Å². The Labute approximate surface area is 129 Å². The molecule has 0 aromatic heterocycles. The van der Waals surface area contributed by atoms with Crippen molar-refractivity contribution in [2.45, 2.75) is 42.8 Å². The molecule has 0 heterocycles. The molecule has 0 aliphatic carbocycles. The van der Waals surface area contributed by atoms with Crippen molar-refractivity contribution in [3.05, 3.63) is 29.8 Å². The maximum Gasteiger partial charge on any atom is 0.226 e. The topological polar surface area (TPSA) is 29.1 Å². The van der Waals surface area contributed by atoms with Gasteiger partial charge in [-0.1, -0.05) is 50.2 Å². The summed E-state index contributed by atoms with van der Waals surface area (Å²) in [5.74, 6) is -0.0663. The van der Waals surface area contributed by atoms with Crippen LogP contribution in [-0.2, 0) is 4.79 Å². The second kappa shape index (κ2) is 6.87. The van der Waals surface area contributed by atoms with Gasteiger partial charge in [-0.25, -0.2) is 0 Å². The fraction of sp³-hybridized carbons (Fsp3) is 0.500. The minimum Gasteiger partial charge on any atom is -0.341 e. The predicted octanol–water partition coefficient (Wildman–Crippen LogP) is 4.38. The van der Waals surface area contributed by atoms with Gasteiger partial charge in [0.15, 0.2) is 0 Å². The van der Waals surface area contributed by atoms with Gasteiger partial charge >= 0.3 is 0 Å². The monoisotopic (exact) mass is 319 g/mol. The van der Waals surface area contributed by atoms with E-state index in [1.54, 1.807) is 0 Å². The van der Waals surface area contributed by atoms with Crippen molar-refractivity contribution in [2.24, 2.45) is 5.41 Å². The lowest BCUT2D eigenvalue weighted by atomic mass is 9.96. The van der Waals surface area contributed by atoms with Gasteiger partial charge in [0, 0.05) is 10.3 Å². The van der Waals surface area contributed by atoms with E-state index in [0.29, 0.717) is 0 Å². The van der Waals surface area contributed by atoms with Crippen LogP contribution in [0.25, 0.3) is 0 Å². The van der Waals surface area contributed by atoms with E-state index in [2.05, 4.69) is 5.32 Å². The number of benzene rings is 1. The van der Waals surface area contributed by atoms with Crippen LogP contribution in [0.15, 0.2) is 29.2 Å². The normalized spacial score (nSPS) is 13.4. The molecule has 0 radical (unpaired) electrons. The van der Waals surface area contributed by atoms with Gasteiger partial charge in [0.25, 0.3) is 0 Å². The summed E-state index contributed by atoms with van der Waals surface area (Å²) in [6, 6.07) is 8.02. The average Bonchev–Trinajstić information content (AvgIpc) is 2.29. The predicted molar refractivity (Wildman–Crippen MR) is 83.9 cm³/mol. The van der Waals surface area contributed by atoms with Gasteiger partial charge in [-0.15, -0.1) is 23.2 Å². The molecule has 0 aliphatic heterocycles. The highest BCUT2D eigenvalue weighted by Gasteiger charge is 2.27. The van der Waals surface area contributed by atoms with Crippen molar-refractivity contribution in [2.75, 3.05) is 0 Å². The highest BCUT2D eigenvalue weighted by Crippen LogP contribution is 2.29. The van der Waals surface area contributed by atoms with E-state index in [0.717, 1.165) is 4.90 Å². The summed E-state index contributed by atoms with van der Waals surface area (Å²) >= 11 is 13.4. The van der Waals surface area contributed by atoms with Gasteiger partial charge in [-0.3, -0.25) is 4.79 Å². The fourth-order valence-corrected chi connectivity index (χ4v) is 2.54. The van der Waals surface area contributed by atoms with E-state index in [9.17, 15) is 4.79 Å². The summed E-state index contributed by atoms with van der Waals surface area (Å²) < 4.78 is 0. The van der Waals surface area contributed by atoms with E-state index in [1.165, 1.54) is 17.3 Å². The van der Waals surface area contributed by atoms with Gasteiger partial charge in [0.1, 0.15) is 10.2 Å². The number of nitrogens with one attached hydrogen (secondary N) is 1. The number of thioether (sulfide) groups is 1. The standard InChI is InChI=1S/C14H19Cl2NOS/c1-9-5-7-10(8-6-9)19-12(11(15)16)17-13(18)14(2,3)4/h5-8,11-12H,1-4H3,(H,17,18)/t12-/m0/s1. The smallest absolute Gasteiger partial charge is 0.226 e. The molecule has 2 nitrogen and oxygen atoms in total. The Morgan fingerprint density at radius 1 is 1.21 bits per heavy atom. The van der Waals surface area contributed by atoms with Crippen molar-refractivity contribution in [3.8, 4) is 0 Å². The third-order valence-corrected chi connectivity index (χ3v) is 4.46. The molecule has 1 rings (SSSR count). The number of hydrogen-bond acceptors (Lipinski definition) is 2. The quantitative estimate of drug-likeness (QED) is 0.507. The average molecular weight is 320 g/mol. The number of halogens is 2. The van der Waals surface area contributed by atoms with Gasteiger partial charge in [-0.2, -0.15) is 0 Å². The summed E-state index contributed by atoms with van der Waals surface area (Å²) in [7, 11) is 0. The van der Waals surface area contributed by atoms with Crippen molar-refractivity contribution < 1.29 is 4.79 Å². The molecule has 1 atom stereocenters. The lowest BCUT2D eigenvalue weighted by Crippen LogP contribution is -2.42. The first-order valence-electron chi connectivity index (χ1n) is 6.02. The zero-order valence-corrected chi connectivity index (χ0v) is 13.9. The van der Waals surface area contributed by atoms with Crippen LogP contribution < -0.4 is 5.32 Å². The first kappa shape index (κ1) is 16.7. The summed E-state index contributed by atoms with van der Waals surface area (Å²) in [4.78, 5) is 12.3. The summed E-state index contributed by atoms with van der Waals surface area (Å²) in [6.45, 7) is 7.59. The molecule has 0 fully saturated rings. The maximum atomic E-state index is 12.0. The molecule has 0 saturated carbocycles. The number of carbonyl (C=O) groups excluding carboxylic acids is 1. The summed E-state index contributed by atoms with van der Waals surface area (Å²) in [5.41, 5.74) is 0.724. The first-order valence-corrected chi connectivity index (χ1v) is 7.78. The van der Waals surface area contributed by atoms with E-state index in [4.69, 9.17) is 23.2 Å². The molecule has 0 saturated heterocycles. The Bertz CT molecular complexity index is 426. The molecule has 19 heavy (non-hydrogen) atoms. The van der Waals surface area contributed by atoms with Crippen LogP contribution in [0.3, 0.4) is 0 Å². The largest absolute Gasteiger partial charge is 0.341 e. The van der Waals surface area contributed by atoms with E-state index >= 15 is 0 Å². The van der Waals surface area contributed by atoms with Gasteiger partial charge in [0.2, 0.25) is 5.91 Å². The number of alkyl halides is 2. The van der Waals surface area contributed by atoms with Gasteiger partial charge in [0.05, 0.1) is 0 Å². The first-order chi connectivity index (χ1) is 8.70. The van der Waals surface area contributed by atoms with Gasteiger partial charge in [-0.05, 0) is 19.1 Å². The molecule has 5 heteroatoms. The zero-order chi connectivity index (χ0) is 14.6. The van der Waals surface area contributed by atoms with E-state index in [1.807, 2.05) is 52.0 Å². The van der Waals surface area contributed by atoms with Gasteiger partial charge < -0.3 is 5.32 Å². The summed E-state index contributed by atoms with van der Waals surface area (Å²) in [6.07, 6.45) is 0. The number of amides is 1. The molecular formula is C14H19Cl2NOS. The third-order valence-electron chi connectivity index (χ3n) is 2.47. The Morgan fingerprint density at radius 2 is 1.74 bits per heavy atom. The van der Waals surface area contributed by atoms with Crippen LogP contribution in [0.2, 0.25) is 0 Å². The Hall–Kier alpha value is -0.380. The molecule has 0 spiro atoms. The summed E-state index contributed by atoms with van der Waals surface area (Å²) in [5, 5.41) is 2.52. The van der Waals surface area contributed by atoms with Crippen molar-refractivity contribution >= 4 is 40.9 Å². The van der Waals surface area contributed by atoms with Crippen LogP contribution in [0.4, 0.5) is 0 Å². The third kappa shape index (κ3) is 5.64. The van der Waals surface area contributed by atoms with Crippen molar-refractivity contribution in [1.82, 2.24) is 5.32 Å². The number of rotatable bonds is 4. The minimum absolute atomic E-state index is 0.0663. The molecule has 1 aromatic rings. The van der Waals surface area contributed by atoms with Crippen LogP contribution >= 0.6 is 35.0 Å². The molecule has 0 unspecified atom stereocenters.